The van der Waals surface area contributed by atoms with Crippen molar-refractivity contribution in [1.29, 1.82) is 0 Å². The third kappa shape index (κ3) is 3.13. The lowest BCUT2D eigenvalue weighted by molar-refractivity contribution is -0.384. The molecule has 86 valence electrons. The molecular weight excluding hydrogens is 274 g/mol. The van der Waals surface area contributed by atoms with Crippen LogP contribution in [0, 0.1) is 16.0 Å². The number of carbonyl (C=O) groups is 1. The maximum atomic E-state index is 11.5. The smallest absolute Gasteiger partial charge is 0.270 e. The van der Waals surface area contributed by atoms with E-state index in [4.69, 9.17) is 0 Å². The molecule has 0 bridgehead atoms. The van der Waals surface area contributed by atoms with Gasteiger partial charge in [0.25, 0.3) is 5.69 Å². The van der Waals surface area contributed by atoms with Gasteiger partial charge in [-0.25, -0.2) is 0 Å². The van der Waals surface area contributed by atoms with Crippen LogP contribution in [0.15, 0.2) is 22.7 Å². The molecule has 0 fully saturated rings. The second kappa shape index (κ2) is 5.21. The molecule has 0 atom stereocenters. The summed E-state index contributed by atoms with van der Waals surface area (Å²) in [5.74, 6) is 0.0941. The Morgan fingerprint density at radius 3 is 2.56 bits per heavy atom. The number of ketones is 1. The molecule has 0 aliphatic carbocycles. The molecule has 1 aromatic carbocycles. The molecule has 0 heterocycles. The van der Waals surface area contributed by atoms with Crippen molar-refractivity contribution in [3.63, 3.8) is 0 Å². The Labute approximate surface area is 102 Å². The summed E-state index contributed by atoms with van der Waals surface area (Å²) in [6.45, 7) is 3.67. The first-order valence-electron chi connectivity index (χ1n) is 4.87. The normalized spacial score (nSPS) is 10.5. The Morgan fingerprint density at radius 2 is 2.12 bits per heavy atom. The highest BCUT2D eigenvalue weighted by Crippen LogP contribution is 2.24. The maximum absolute atomic E-state index is 11.5. The number of hydrogen-bond donors (Lipinski definition) is 0. The van der Waals surface area contributed by atoms with Crippen LogP contribution in [0.2, 0.25) is 0 Å². The molecule has 0 aliphatic heterocycles. The van der Waals surface area contributed by atoms with Crippen LogP contribution in [0.4, 0.5) is 5.69 Å². The third-order valence-electron chi connectivity index (χ3n) is 2.26. The number of hydrogen-bond acceptors (Lipinski definition) is 3. The average molecular weight is 286 g/mol. The fraction of sp³-hybridized carbons (Fsp3) is 0.364. The van der Waals surface area contributed by atoms with Gasteiger partial charge in [-0.1, -0.05) is 35.8 Å². The molecule has 0 aromatic heterocycles. The predicted octanol–water partition coefficient (Wildman–Crippen LogP) is 3.12. The molecule has 16 heavy (non-hydrogen) atoms. The quantitative estimate of drug-likeness (QED) is 0.631. The van der Waals surface area contributed by atoms with Crippen LogP contribution < -0.4 is 0 Å². The van der Waals surface area contributed by atoms with E-state index in [9.17, 15) is 14.9 Å². The van der Waals surface area contributed by atoms with E-state index in [0.717, 1.165) is 5.56 Å². The van der Waals surface area contributed by atoms with Gasteiger partial charge in [-0.05, 0) is 5.56 Å². The highest BCUT2D eigenvalue weighted by Gasteiger charge is 2.13. The molecule has 0 spiro atoms. The number of rotatable bonds is 4. The largest absolute Gasteiger partial charge is 0.299 e. The zero-order valence-electron chi connectivity index (χ0n) is 9.07. The summed E-state index contributed by atoms with van der Waals surface area (Å²) in [4.78, 5) is 21.6. The minimum Gasteiger partial charge on any atom is -0.299 e. The van der Waals surface area contributed by atoms with E-state index in [0.29, 0.717) is 10.9 Å². The Bertz CT molecular complexity index is 429. The van der Waals surface area contributed by atoms with Crippen LogP contribution in [-0.2, 0) is 11.2 Å². The van der Waals surface area contributed by atoms with E-state index in [1.807, 2.05) is 13.8 Å². The van der Waals surface area contributed by atoms with Gasteiger partial charge >= 0.3 is 0 Å². The molecule has 0 aliphatic rings. The van der Waals surface area contributed by atoms with Crippen LogP contribution >= 0.6 is 15.9 Å². The summed E-state index contributed by atoms with van der Waals surface area (Å²) < 4.78 is 0.607. The zero-order chi connectivity index (χ0) is 12.3. The second-order valence-electron chi connectivity index (χ2n) is 3.83. The van der Waals surface area contributed by atoms with Crippen LogP contribution in [0.5, 0.6) is 0 Å². The molecule has 0 N–H and O–H groups in total. The Hall–Kier alpha value is -1.23. The van der Waals surface area contributed by atoms with Crippen molar-refractivity contribution in [2.45, 2.75) is 20.3 Å². The van der Waals surface area contributed by atoms with Crippen molar-refractivity contribution >= 4 is 27.4 Å². The van der Waals surface area contributed by atoms with Gasteiger partial charge in [-0.3, -0.25) is 14.9 Å². The topological polar surface area (TPSA) is 60.2 Å². The fourth-order valence-electron chi connectivity index (χ4n) is 1.18. The Morgan fingerprint density at radius 1 is 1.50 bits per heavy atom. The highest BCUT2D eigenvalue weighted by molar-refractivity contribution is 9.10. The molecule has 0 saturated heterocycles. The van der Waals surface area contributed by atoms with E-state index in [2.05, 4.69) is 15.9 Å². The summed E-state index contributed by atoms with van der Waals surface area (Å²) in [5.41, 5.74) is 0.803. The van der Waals surface area contributed by atoms with Gasteiger partial charge in [0.2, 0.25) is 0 Å². The summed E-state index contributed by atoms with van der Waals surface area (Å²) in [7, 11) is 0. The fourth-order valence-corrected chi connectivity index (χ4v) is 1.69. The molecule has 1 rings (SSSR count). The predicted molar refractivity (Wildman–Crippen MR) is 64.3 cm³/mol. The van der Waals surface area contributed by atoms with Crippen molar-refractivity contribution < 1.29 is 9.72 Å². The molecule has 0 radical (unpaired) electrons. The van der Waals surface area contributed by atoms with Gasteiger partial charge in [0, 0.05) is 28.9 Å². The van der Waals surface area contributed by atoms with Gasteiger partial charge < -0.3 is 0 Å². The van der Waals surface area contributed by atoms with Gasteiger partial charge in [0.1, 0.15) is 5.78 Å². The first-order chi connectivity index (χ1) is 7.41. The van der Waals surface area contributed by atoms with Crippen molar-refractivity contribution in [3.05, 3.63) is 38.3 Å². The monoisotopic (exact) mass is 285 g/mol. The number of nitro benzene ring substituents is 1. The molecule has 1 aromatic rings. The van der Waals surface area contributed by atoms with Crippen LogP contribution in [0.3, 0.4) is 0 Å². The van der Waals surface area contributed by atoms with E-state index in [1.54, 1.807) is 6.07 Å². The number of Topliss-reactive ketones (excluding diaryl/α,β-unsaturated/α-hetero) is 1. The van der Waals surface area contributed by atoms with Crippen LogP contribution in [-0.4, -0.2) is 10.7 Å². The molecule has 0 saturated carbocycles. The van der Waals surface area contributed by atoms with E-state index in [1.165, 1.54) is 12.1 Å². The van der Waals surface area contributed by atoms with Gasteiger partial charge in [0.15, 0.2) is 0 Å². The van der Waals surface area contributed by atoms with Gasteiger partial charge in [-0.15, -0.1) is 0 Å². The standard InChI is InChI=1S/C11H12BrNO3/c1-7(2)11(14)5-8-3-4-9(13(15)16)6-10(8)12/h3-4,6-7H,5H2,1-2H3. The number of nitro groups is 1. The van der Waals surface area contributed by atoms with Gasteiger partial charge in [0.05, 0.1) is 4.92 Å². The van der Waals surface area contributed by atoms with Gasteiger partial charge in [-0.2, -0.15) is 0 Å². The first-order valence-corrected chi connectivity index (χ1v) is 5.66. The lowest BCUT2D eigenvalue weighted by Gasteiger charge is -2.06. The van der Waals surface area contributed by atoms with Crippen molar-refractivity contribution in [1.82, 2.24) is 0 Å². The zero-order valence-corrected chi connectivity index (χ0v) is 10.7. The number of nitrogens with zero attached hydrogens (tertiary/aromatic N) is 1. The molecule has 5 heteroatoms. The highest BCUT2D eigenvalue weighted by atomic mass is 79.9. The Kier molecular flexibility index (Phi) is 4.18. The summed E-state index contributed by atoms with van der Waals surface area (Å²) in [6.07, 6.45) is 0.302. The summed E-state index contributed by atoms with van der Waals surface area (Å²) in [5, 5.41) is 10.5. The number of halogens is 1. The third-order valence-corrected chi connectivity index (χ3v) is 2.99. The summed E-state index contributed by atoms with van der Waals surface area (Å²) in [6, 6.07) is 4.44. The van der Waals surface area contributed by atoms with Crippen molar-refractivity contribution in [2.24, 2.45) is 5.92 Å². The first kappa shape index (κ1) is 12.8. The molecule has 4 nitrogen and oxygen atoms in total. The van der Waals surface area contributed by atoms with Crippen LogP contribution in [0.1, 0.15) is 19.4 Å². The number of benzene rings is 1. The minimum absolute atomic E-state index is 0.0209. The number of non-ortho nitro benzene ring substituents is 1. The lowest BCUT2D eigenvalue weighted by Crippen LogP contribution is -2.10. The van der Waals surface area contributed by atoms with E-state index in [-0.39, 0.29) is 17.4 Å². The SMILES string of the molecule is CC(C)C(=O)Cc1ccc([N+](=O)[O-])cc1Br. The van der Waals surface area contributed by atoms with E-state index >= 15 is 0 Å². The number of carbonyl (C=O) groups excluding carboxylic acids is 1. The van der Waals surface area contributed by atoms with Crippen molar-refractivity contribution in [2.75, 3.05) is 0 Å². The summed E-state index contributed by atoms with van der Waals surface area (Å²) >= 11 is 3.24. The van der Waals surface area contributed by atoms with E-state index < -0.39 is 4.92 Å². The molecular formula is C11H12BrNO3. The minimum atomic E-state index is -0.460. The lowest BCUT2D eigenvalue weighted by atomic mass is 10.0. The maximum Gasteiger partial charge on any atom is 0.270 e. The average Bonchev–Trinajstić information content (AvgIpc) is 2.20. The van der Waals surface area contributed by atoms with Crippen LogP contribution in [0.25, 0.3) is 0 Å². The Balaban J connectivity index is 2.91. The molecule has 0 unspecified atom stereocenters. The molecule has 0 amide bonds. The second-order valence-corrected chi connectivity index (χ2v) is 4.68. The van der Waals surface area contributed by atoms with Crippen molar-refractivity contribution in [3.8, 4) is 0 Å².